The van der Waals surface area contributed by atoms with Gasteiger partial charge < -0.3 is 0 Å². The van der Waals surface area contributed by atoms with Gasteiger partial charge in [0.25, 0.3) is 0 Å². The van der Waals surface area contributed by atoms with Crippen molar-refractivity contribution in [3.05, 3.63) is 46.6 Å². The third-order valence-electron chi connectivity index (χ3n) is 4.22. The number of aromatic nitrogens is 3. The number of sulfonamides is 1. The number of rotatable bonds is 4. The standard InChI is InChI=1S/C15H20N4O3S/c1-2-23(21,22)18-10-6-7-12(11-18)14-16-17-15(20)19(14)13-8-4-3-5-9-13/h3-5,8-9,12H,2,6-7,10-11H2,1H3,(H,17,20). The molecule has 1 fully saturated rings. The van der Waals surface area contributed by atoms with Crippen molar-refractivity contribution < 1.29 is 8.42 Å². The minimum Gasteiger partial charge on any atom is -0.247 e. The summed E-state index contributed by atoms with van der Waals surface area (Å²) in [4.78, 5) is 12.1. The first-order valence-electron chi connectivity index (χ1n) is 7.73. The number of nitrogens with one attached hydrogen (secondary N) is 1. The number of para-hydroxylation sites is 1. The van der Waals surface area contributed by atoms with E-state index in [1.807, 2.05) is 30.3 Å². The number of hydrogen-bond donors (Lipinski definition) is 1. The zero-order valence-electron chi connectivity index (χ0n) is 13.0. The molecule has 1 aromatic carbocycles. The zero-order valence-corrected chi connectivity index (χ0v) is 13.8. The van der Waals surface area contributed by atoms with E-state index in [0.29, 0.717) is 18.9 Å². The molecule has 0 radical (unpaired) electrons. The van der Waals surface area contributed by atoms with Gasteiger partial charge in [-0.1, -0.05) is 18.2 Å². The Hall–Kier alpha value is -1.93. The van der Waals surface area contributed by atoms with Gasteiger partial charge in [0.05, 0.1) is 11.4 Å². The summed E-state index contributed by atoms with van der Waals surface area (Å²) in [5.41, 5.74) is 0.429. The summed E-state index contributed by atoms with van der Waals surface area (Å²) in [5.74, 6) is 0.590. The highest BCUT2D eigenvalue weighted by Gasteiger charge is 2.31. The Morgan fingerprint density at radius 3 is 2.74 bits per heavy atom. The van der Waals surface area contributed by atoms with Crippen LogP contribution in [0.3, 0.4) is 0 Å². The fourth-order valence-electron chi connectivity index (χ4n) is 3.00. The highest BCUT2D eigenvalue weighted by molar-refractivity contribution is 7.89. The van der Waals surface area contributed by atoms with Gasteiger partial charge in [-0.3, -0.25) is 0 Å². The molecule has 7 nitrogen and oxygen atoms in total. The largest absolute Gasteiger partial charge is 0.347 e. The molecule has 1 aromatic heterocycles. The molecule has 1 saturated heterocycles. The van der Waals surface area contributed by atoms with Crippen LogP contribution in [0.25, 0.3) is 5.69 Å². The highest BCUT2D eigenvalue weighted by Crippen LogP contribution is 2.27. The van der Waals surface area contributed by atoms with E-state index in [4.69, 9.17) is 0 Å². The summed E-state index contributed by atoms with van der Waals surface area (Å²) in [5, 5.41) is 6.65. The molecule has 0 spiro atoms. The van der Waals surface area contributed by atoms with Gasteiger partial charge in [0, 0.05) is 19.0 Å². The van der Waals surface area contributed by atoms with Gasteiger partial charge in [-0.25, -0.2) is 27.2 Å². The first-order valence-corrected chi connectivity index (χ1v) is 9.34. The third kappa shape index (κ3) is 3.09. The summed E-state index contributed by atoms with van der Waals surface area (Å²) in [7, 11) is -3.22. The Kier molecular flexibility index (Phi) is 4.36. The SMILES string of the molecule is CCS(=O)(=O)N1CCCC(c2n[nH]c(=O)n2-c2ccccc2)C1. The van der Waals surface area contributed by atoms with Crippen LogP contribution in [0.4, 0.5) is 0 Å². The van der Waals surface area contributed by atoms with Gasteiger partial charge in [-0.2, -0.15) is 5.10 Å². The molecule has 1 unspecified atom stereocenters. The van der Waals surface area contributed by atoms with E-state index in [-0.39, 0.29) is 17.4 Å². The van der Waals surface area contributed by atoms with Crippen LogP contribution in [-0.2, 0) is 10.0 Å². The third-order valence-corrected chi connectivity index (χ3v) is 6.07. The van der Waals surface area contributed by atoms with Gasteiger partial charge in [0.1, 0.15) is 5.82 Å². The molecule has 0 bridgehead atoms. The Balaban J connectivity index is 1.96. The maximum absolute atomic E-state index is 12.1. The minimum atomic E-state index is -3.22. The van der Waals surface area contributed by atoms with E-state index in [2.05, 4.69) is 10.2 Å². The lowest BCUT2D eigenvalue weighted by molar-refractivity contribution is 0.308. The second kappa shape index (κ2) is 6.29. The molecular weight excluding hydrogens is 316 g/mol. The summed E-state index contributed by atoms with van der Waals surface area (Å²) in [6.07, 6.45) is 1.58. The molecule has 0 aliphatic carbocycles. The molecule has 8 heteroatoms. The van der Waals surface area contributed by atoms with Crippen LogP contribution in [0.2, 0.25) is 0 Å². The molecule has 2 heterocycles. The molecule has 1 atom stereocenters. The van der Waals surface area contributed by atoms with Crippen LogP contribution in [0, 0.1) is 0 Å². The summed E-state index contributed by atoms with van der Waals surface area (Å²) in [6.45, 7) is 2.55. The van der Waals surface area contributed by atoms with Crippen molar-refractivity contribution in [3.63, 3.8) is 0 Å². The number of piperidine rings is 1. The lowest BCUT2D eigenvalue weighted by Crippen LogP contribution is -2.40. The van der Waals surface area contributed by atoms with Crippen LogP contribution in [0.5, 0.6) is 0 Å². The second-order valence-corrected chi connectivity index (χ2v) is 7.91. The van der Waals surface area contributed by atoms with Gasteiger partial charge in [0.15, 0.2) is 0 Å². The van der Waals surface area contributed by atoms with Crippen LogP contribution in [0.15, 0.2) is 35.1 Å². The Morgan fingerprint density at radius 1 is 1.30 bits per heavy atom. The Bertz CT molecular complexity index is 826. The average molecular weight is 336 g/mol. The predicted octanol–water partition coefficient (Wildman–Crippen LogP) is 1.09. The number of H-pyrrole nitrogens is 1. The minimum absolute atomic E-state index is 0.0891. The van der Waals surface area contributed by atoms with Crippen molar-refractivity contribution in [2.45, 2.75) is 25.7 Å². The quantitative estimate of drug-likeness (QED) is 0.905. The van der Waals surface area contributed by atoms with E-state index in [1.165, 1.54) is 8.87 Å². The highest BCUT2D eigenvalue weighted by atomic mass is 32.2. The summed E-state index contributed by atoms with van der Waals surface area (Å²) in [6, 6.07) is 9.26. The zero-order chi connectivity index (χ0) is 16.4. The van der Waals surface area contributed by atoms with E-state index >= 15 is 0 Å². The molecule has 1 N–H and O–H groups in total. The van der Waals surface area contributed by atoms with Crippen molar-refractivity contribution in [3.8, 4) is 5.69 Å². The normalized spacial score (nSPS) is 19.8. The topological polar surface area (TPSA) is 88.1 Å². The van der Waals surface area contributed by atoms with E-state index < -0.39 is 10.0 Å². The van der Waals surface area contributed by atoms with E-state index in [9.17, 15) is 13.2 Å². The molecule has 0 saturated carbocycles. The fourth-order valence-corrected chi connectivity index (χ4v) is 4.18. The van der Waals surface area contributed by atoms with E-state index in [0.717, 1.165) is 18.5 Å². The van der Waals surface area contributed by atoms with Crippen molar-refractivity contribution in [2.75, 3.05) is 18.8 Å². The molecule has 2 aromatic rings. The molecule has 1 aliphatic heterocycles. The van der Waals surface area contributed by atoms with Gasteiger partial charge >= 0.3 is 5.69 Å². The molecule has 1 aliphatic rings. The van der Waals surface area contributed by atoms with E-state index in [1.54, 1.807) is 6.92 Å². The molecule has 0 amide bonds. The average Bonchev–Trinajstić information content (AvgIpc) is 2.97. The van der Waals surface area contributed by atoms with Crippen molar-refractivity contribution in [2.24, 2.45) is 0 Å². The van der Waals surface area contributed by atoms with Gasteiger partial charge in [-0.15, -0.1) is 0 Å². The van der Waals surface area contributed by atoms with Crippen molar-refractivity contribution >= 4 is 10.0 Å². The Morgan fingerprint density at radius 2 is 2.04 bits per heavy atom. The van der Waals surface area contributed by atoms with Crippen LogP contribution in [0.1, 0.15) is 31.5 Å². The monoisotopic (exact) mass is 336 g/mol. The molecule has 23 heavy (non-hydrogen) atoms. The van der Waals surface area contributed by atoms with Crippen LogP contribution >= 0.6 is 0 Å². The first kappa shape index (κ1) is 15.9. The summed E-state index contributed by atoms with van der Waals surface area (Å²) >= 11 is 0. The smallest absolute Gasteiger partial charge is 0.247 e. The predicted molar refractivity (Wildman–Crippen MR) is 87.2 cm³/mol. The Labute approximate surface area is 135 Å². The molecular formula is C15H20N4O3S. The number of benzene rings is 1. The lowest BCUT2D eigenvalue weighted by Gasteiger charge is -2.31. The van der Waals surface area contributed by atoms with Gasteiger partial charge in [0.2, 0.25) is 10.0 Å². The van der Waals surface area contributed by atoms with Crippen LogP contribution < -0.4 is 5.69 Å². The number of hydrogen-bond acceptors (Lipinski definition) is 4. The van der Waals surface area contributed by atoms with Crippen molar-refractivity contribution in [1.29, 1.82) is 0 Å². The lowest BCUT2D eigenvalue weighted by atomic mass is 9.98. The maximum Gasteiger partial charge on any atom is 0.347 e. The number of aromatic amines is 1. The number of nitrogens with zero attached hydrogens (tertiary/aromatic N) is 3. The maximum atomic E-state index is 12.1. The summed E-state index contributed by atoms with van der Waals surface area (Å²) < 4.78 is 27.3. The second-order valence-electron chi connectivity index (χ2n) is 5.66. The fraction of sp³-hybridized carbons (Fsp3) is 0.467. The molecule has 124 valence electrons. The molecule has 3 rings (SSSR count). The van der Waals surface area contributed by atoms with Gasteiger partial charge in [-0.05, 0) is 31.9 Å². The van der Waals surface area contributed by atoms with Crippen molar-refractivity contribution in [1.82, 2.24) is 19.1 Å². The first-order chi connectivity index (χ1) is 11.0. The van der Waals surface area contributed by atoms with Crippen LogP contribution in [-0.4, -0.2) is 46.3 Å².